The second-order valence-corrected chi connectivity index (χ2v) is 7.11. The Hall–Kier alpha value is -3.63. The molecule has 3 aromatic rings. The van der Waals surface area contributed by atoms with E-state index in [0.29, 0.717) is 6.54 Å². The lowest BCUT2D eigenvalue weighted by Crippen LogP contribution is -2.23. The van der Waals surface area contributed by atoms with Crippen LogP contribution in [0.2, 0.25) is 0 Å². The first kappa shape index (κ1) is 22.1. The van der Waals surface area contributed by atoms with Gasteiger partial charge in [0.05, 0.1) is 7.11 Å². The normalized spacial score (nSPS) is 12.3. The van der Waals surface area contributed by atoms with Crippen molar-refractivity contribution in [3.05, 3.63) is 113 Å². The number of rotatable bonds is 10. The third-order valence-electron chi connectivity index (χ3n) is 4.97. The molecule has 3 aromatic carbocycles. The summed E-state index contributed by atoms with van der Waals surface area (Å²) in [5.41, 5.74) is 4.20. The number of hydrogen-bond acceptors (Lipinski definition) is 3. The quantitative estimate of drug-likeness (QED) is 0.353. The van der Waals surface area contributed by atoms with Crippen LogP contribution in [0.3, 0.4) is 0 Å². The first-order chi connectivity index (χ1) is 15.2. The third kappa shape index (κ3) is 6.69. The number of nitrogens with one attached hydrogen (secondary N) is 1. The van der Waals surface area contributed by atoms with Gasteiger partial charge in [-0.05, 0) is 28.8 Å². The third-order valence-corrected chi connectivity index (χ3v) is 4.97. The van der Waals surface area contributed by atoms with Crippen molar-refractivity contribution in [1.82, 2.24) is 5.32 Å². The summed E-state index contributed by atoms with van der Waals surface area (Å²) < 4.78 is 5.61. The van der Waals surface area contributed by atoms with Gasteiger partial charge in [0.25, 0.3) is 0 Å². The number of hydrogen-bond donors (Lipinski definition) is 2. The van der Waals surface area contributed by atoms with E-state index in [4.69, 9.17) is 9.84 Å². The predicted molar refractivity (Wildman–Crippen MR) is 126 cm³/mol. The fourth-order valence-corrected chi connectivity index (χ4v) is 3.48. The van der Waals surface area contributed by atoms with Crippen molar-refractivity contribution in [3.8, 4) is 5.75 Å². The minimum atomic E-state index is -0.960. The van der Waals surface area contributed by atoms with Crippen LogP contribution in [0.5, 0.6) is 5.75 Å². The van der Waals surface area contributed by atoms with Crippen LogP contribution in [0.15, 0.2) is 91.0 Å². The van der Waals surface area contributed by atoms with E-state index in [1.807, 2.05) is 54.6 Å². The Morgan fingerprint density at radius 2 is 1.71 bits per heavy atom. The molecule has 0 aliphatic rings. The highest BCUT2D eigenvalue weighted by Crippen LogP contribution is 2.32. The molecule has 4 heteroatoms. The van der Waals surface area contributed by atoms with Gasteiger partial charge < -0.3 is 15.2 Å². The molecule has 0 saturated heterocycles. The number of carbonyl (C=O) groups is 1. The van der Waals surface area contributed by atoms with Crippen LogP contribution in [0.1, 0.15) is 28.2 Å². The topological polar surface area (TPSA) is 58.6 Å². The maximum atomic E-state index is 10.9. The van der Waals surface area contributed by atoms with Gasteiger partial charge in [-0.25, -0.2) is 4.79 Å². The van der Waals surface area contributed by atoms with Crippen LogP contribution in [-0.4, -0.2) is 31.3 Å². The smallest absolute Gasteiger partial charge is 0.328 e. The summed E-state index contributed by atoms with van der Waals surface area (Å²) in [6, 6.07) is 26.2. The van der Waals surface area contributed by atoms with E-state index in [2.05, 4.69) is 41.7 Å². The van der Waals surface area contributed by atoms with E-state index < -0.39 is 5.97 Å². The Morgan fingerprint density at radius 3 is 2.48 bits per heavy atom. The lowest BCUT2D eigenvalue weighted by Gasteiger charge is -2.21. The second kappa shape index (κ2) is 11.5. The molecule has 31 heavy (non-hydrogen) atoms. The molecular formula is C27H27NO3. The van der Waals surface area contributed by atoms with Crippen molar-refractivity contribution in [2.45, 2.75) is 5.92 Å². The molecule has 0 amide bonds. The van der Waals surface area contributed by atoms with Crippen LogP contribution < -0.4 is 10.1 Å². The highest BCUT2D eigenvalue weighted by Gasteiger charge is 2.18. The molecule has 0 spiro atoms. The summed E-state index contributed by atoms with van der Waals surface area (Å²) in [7, 11) is 1.68. The molecule has 3 rings (SSSR count). The van der Waals surface area contributed by atoms with Crippen molar-refractivity contribution in [2.24, 2.45) is 0 Å². The maximum absolute atomic E-state index is 10.9. The van der Waals surface area contributed by atoms with Gasteiger partial charge in [0.2, 0.25) is 0 Å². The molecule has 1 unspecified atom stereocenters. The number of carboxylic acid groups (broad SMARTS) is 1. The number of para-hydroxylation sites is 1. The first-order valence-corrected chi connectivity index (χ1v) is 10.2. The van der Waals surface area contributed by atoms with Gasteiger partial charge in [-0.2, -0.15) is 0 Å². The summed E-state index contributed by atoms with van der Waals surface area (Å²) in [4.78, 5) is 10.9. The Balaban J connectivity index is 1.80. The zero-order valence-electron chi connectivity index (χ0n) is 17.6. The molecule has 4 nitrogen and oxygen atoms in total. The Morgan fingerprint density at radius 1 is 0.968 bits per heavy atom. The molecule has 1 atom stereocenters. The van der Waals surface area contributed by atoms with E-state index in [0.717, 1.165) is 35.1 Å². The van der Waals surface area contributed by atoms with Gasteiger partial charge in [-0.3, -0.25) is 0 Å². The van der Waals surface area contributed by atoms with Crippen LogP contribution >= 0.6 is 0 Å². The fourth-order valence-electron chi connectivity index (χ4n) is 3.48. The van der Waals surface area contributed by atoms with Gasteiger partial charge in [0, 0.05) is 30.6 Å². The van der Waals surface area contributed by atoms with Crippen molar-refractivity contribution in [1.29, 1.82) is 0 Å². The summed E-state index contributed by atoms with van der Waals surface area (Å²) in [5, 5.41) is 12.4. The van der Waals surface area contributed by atoms with E-state index in [1.165, 1.54) is 5.56 Å². The standard InChI is InChI=1S/C27H27NO3/c1-31-26-15-6-5-14-24(26)25(20-28-18-8-12-21-9-3-2-4-10-21)23-13-7-11-22(19-23)16-17-27(29)30/h2-17,19,25,28H,18,20H2,1H3,(H,29,30). The molecule has 2 N–H and O–H groups in total. The Bertz CT molecular complexity index is 1040. The Labute approximate surface area is 183 Å². The molecule has 0 aliphatic carbocycles. The SMILES string of the molecule is COc1ccccc1C(CNCC=Cc1ccccc1)c1cccc(C=CC(=O)O)c1. The van der Waals surface area contributed by atoms with Gasteiger partial charge in [0.1, 0.15) is 5.75 Å². The summed E-state index contributed by atoms with van der Waals surface area (Å²) >= 11 is 0. The first-order valence-electron chi connectivity index (χ1n) is 10.2. The highest BCUT2D eigenvalue weighted by atomic mass is 16.5. The van der Waals surface area contributed by atoms with Crippen molar-refractivity contribution < 1.29 is 14.6 Å². The Kier molecular flexibility index (Phi) is 8.21. The van der Waals surface area contributed by atoms with Crippen molar-refractivity contribution in [3.63, 3.8) is 0 Å². The van der Waals surface area contributed by atoms with Crippen LogP contribution in [-0.2, 0) is 4.79 Å². The minimum absolute atomic E-state index is 0.0550. The largest absolute Gasteiger partial charge is 0.496 e. The number of aliphatic carboxylic acids is 1. The van der Waals surface area contributed by atoms with Gasteiger partial charge in [0.15, 0.2) is 0 Å². The van der Waals surface area contributed by atoms with E-state index in [-0.39, 0.29) is 5.92 Å². The number of carboxylic acids is 1. The molecule has 0 aromatic heterocycles. The zero-order valence-corrected chi connectivity index (χ0v) is 17.6. The second-order valence-electron chi connectivity index (χ2n) is 7.11. The number of methoxy groups -OCH3 is 1. The highest BCUT2D eigenvalue weighted by molar-refractivity contribution is 5.85. The average Bonchev–Trinajstić information content (AvgIpc) is 2.81. The predicted octanol–water partition coefficient (Wildman–Crippen LogP) is 5.23. The molecule has 0 fully saturated rings. The van der Waals surface area contributed by atoms with Crippen LogP contribution in [0.25, 0.3) is 12.2 Å². The van der Waals surface area contributed by atoms with E-state index >= 15 is 0 Å². The molecule has 0 radical (unpaired) electrons. The molecule has 0 bridgehead atoms. The van der Waals surface area contributed by atoms with Crippen LogP contribution in [0, 0.1) is 0 Å². The summed E-state index contributed by atoms with van der Waals surface area (Å²) in [6.07, 6.45) is 6.98. The van der Waals surface area contributed by atoms with Gasteiger partial charge in [-0.1, -0.05) is 84.9 Å². The van der Waals surface area contributed by atoms with Gasteiger partial charge >= 0.3 is 5.97 Å². The minimum Gasteiger partial charge on any atom is -0.496 e. The summed E-state index contributed by atoms with van der Waals surface area (Å²) in [6.45, 7) is 1.45. The maximum Gasteiger partial charge on any atom is 0.328 e. The molecule has 0 heterocycles. The van der Waals surface area contributed by atoms with Crippen molar-refractivity contribution in [2.75, 3.05) is 20.2 Å². The molecular weight excluding hydrogens is 386 g/mol. The molecule has 0 aliphatic heterocycles. The van der Waals surface area contributed by atoms with E-state index in [1.54, 1.807) is 13.2 Å². The molecule has 0 saturated carbocycles. The number of ether oxygens (including phenoxy) is 1. The summed E-state index contributed by atoms with van der Waals surface area (Å²) in [5.74, 6) is -0.0707. The van der Waals surface area contributed by atoms with Crippen molar-refractivity contribution >= 4 is 18.1 Å². The lowest BCUT2D eigenvalue weighted by atomic mass is 9.89. The van der Waals surface area contributed by atoms with Crippen LogP contribution in [0.4, 0.5) is 0 Å². The number of benzene rings is 3. The zero-order chi connectivity index (χ0) is 21.9. The lowest BCUT2D eigenvalue weighted by molar-refractivity contribution is -0.131. The monoisotopic (exact) mass is 413 g/mol. The average molecular weight is 414 g/mol. The van der Waals surface area contributed by atoms with E-state index in [9.17, 15) is 4.79 Å². The van der Waals surface area contributed by atoms with Gasteiger partial charge in [-0.15, -0.1) is 0 Å². The molecule has 158 valence electrons. The fraction of sp³-hybridized carbons (Fsp3) is 0.148.